The lowest BCUT2D eigenvalue weighted by atomic mass is 10.0. The van der Waals surface area contributed by atoms with Gasteiger partial charge < -0.3 is 80.1 Å². The van der Waals surface area contributed by atoms with E-state index in [0.29, 0.717) is 122 Å². The van der Waals surface area contributed by atoms with E-state index < -0.39 is 43.3 Å². The average Bonchev–Trinajstić information content (AvgIpc) is 1.49. The molecule has 0 radical (unpaired) electrons. The van der Waals surface area contributed by atoms with Crippen molar-refractivity contribution in [2.45, 2.75) is 125 Å². The molecule has 0 amide bonds. The molecule has 6 aromatic rings. The summed E-state index contributed by atoms with van der Waals surface area (Å²) < 4.78 is 178. The lowest BCUT2D eigenvalue weighted by Crippen LogP contribution is -2.41. The van der Waals surface area contributed by atoms with Crippen molar-refractivity contribution in [3.63, 3.8) is 0 Å². The van der Waals surface area contributed by atoms with Crippen LogP contribution in [0.25, 0.3) is 33.8 Å². The number of halogens is 11. The van der Waals surface area contributed by atoms with Gasteiger partial charge in [-0.2, -0.15) is 41.3 Å². The summed E-state index contributed by atoms with van der Waals surface area (Å²) in [6, 6.07) is 9.52. The number of hydrogen-bond acceptors (Lipinski definition) is 25. The molecule has 14 heterocycles. The second-order valence-electron chi connectivity index (χ2n) is 25.3. The lowest BCUT2D eigenvalue weighted by molar-refractivity contribution is -0.0501. The van der Waals surface area contributed by atoms with E-state index in [-0.39, 0.29) is 143 Å². The smallest absolute Gasteiger partial charge is 0.387 e. The molecule has 0 aromatic carbocycles. The average molecular weight is 1390 g/mol. The van der Waals surface area contributed by atoms with Crippen LogP contribution in [0.1, 0.15) is 57.8 Å². The predicted molar refractivity (Wildman–Crippen MR) is 338 cm³/mol. The fourth-order valence-corrected chi connectivity index (χ4v) is 13.3. The highest BCUT2D eigenvalue weighted by atomic mass is 19.3. The summed E-state index contributed by atoms with van der Waals surface area (Å²) in [7, 11) is 1.43. The molecule has 0 spiro atoms. The maximum Gasteiger partial charge on any atom is 0.387 e. The highest BCUT2D eigenvalue weighted by molar-refractivity contribution is 5.71. The van der Waals surface area contributed by atoms with Crippen molar-refractivity contribution in [2.24, 2.45) is 0 Å². The maximum absolute atomic E-state index is 15.1. The summed E-state index contributed by atoms with van der Waals surface area (Å²) >= 11 is 0. The maximum atomic E-state index is 15.1. The van der Waals surface area contributed by atoms with E-state index in [9.17, 15) is 44.6 Å². The van der Waals surface area contributed by atoms with Crippen LogP contribution in [0.15, 0.2) is 55.0 Å². The Morgan fingerprint density at radius 1 is 0.541 bits per heavy atom. The van der Waals surface area contributed by atoms with Crippen LogP contribution in [-0.4, -0.2) is 217 Å². The van der Waals surface area contributed by atoms with Gasteiger partial charge in [-0.25, -0.2) is 51.9 Å². The molecule has 4 bridgehead atoms. The van der Waals surface area contributed by atoms with Gasteiger partial charge in [0.05, 0.1) is 80.8 Å². The van der Waals surface area contributed by atoms with Crippen LogP contribution in [-0.2, 0) is 14.2 Å². The quantitative estimate of drug-likeness (QED) is 0.0556. The van der Waals surface area contributed by atoms with E-state index in [1.54, 1.807) is 32.9 Å². The van der Waals surface area contributed by atoms with Gasteiger partial charge in [0, 0.05) is 145 Å². The SMILES string of the molecule is COCC1(F)CCN(c2nc(-c3cnc(N)c(OC(F)F)c3)cc(N3CCC(F)(CCO)C3)n2)C1.Nc1ncc(-c2cc(N3C[C@@H]4C[C@H]3CO4)nc(N3CCC(F)(F)CC3)n2)cc1OC(F)F.Nc1ncc(-c2cc(N3C[C@@H]4C[C@H]3CO4)nc(N3CCCC(F)C3)n2)cc1OC(F)F. The zero-order valence-electron chi connectivity index (χ0n) is 53.1. The summed E-state index contributed by atoms with van der Waals surface area (Å²) in [6.07, 6.45) is 6.48. The number of alkyl halides is 11. The second kappa shape index (κ2) is 29.0. The van der Waals surface area contributed by atoms with Crippen LogP contribution < -0.4 is 60.8 Å². The summed E-state index contributed by atoms with van der Waals surface area (Å²) in [6.45, 7) is -5.13. The van der Waals surface area contributed by atoms with Gasteiger partial charge in [0.15, 0.2) is 40.4 Å². The van der Waals surface area contributed by atoms with E-state index >= 15 is 8.78 Å². The number of ether oxygens (including phenoxy) is 6. The zero-order chi connectivity index (χ0) is 69.2. The molecule has 36 heteroatoms. The van der Waals surface area contributed by atoms with Gasteiger partial charge in [-0.15, -0.1) is 0 Å². The minimum Gasteiger partial charge on any atom is -0.431 e. The standard InChI is InChI=1S/C22H28F4N6O3.C20H22F4N6O2.C20H23F3N6O2/c1-34-13-22(26)3-6-32(12-22)20-29-15(14-8-16(35-19(23)24)18(27)28-10-14)9-17(30-20)31-5-2-21(25,11-31)4-7-33;21-18(22)32-15-5-11(8-26-17(15)25)14-7-16(30-9-13-6-12(30)10-31-13)28-19(27-14)29-3-1-20(23,24)2-4-29;21-12-2-1-3-28(8-12)20-26-15(11-4-16(31-19(22)23)18(24)25-7-11)6-17(27-20)29-9-14-5-13(29)10-30-14/h8-10,19,33H,2-7,11-13H2,1H3,(H2,27,28);5,7-8,12-13,18H,1-4,6,9-10H2,(H2,25,26);4,6-7,12-14,19H,1-3,5,8-10H2,(H2,24,25)/t;12-,13-;12?,13-,14-/m.00/s1. The Kier molecular flexibility index (Phi) is 20.5. The molecular formula is C62H73F11N18O7. The van der Waals surface area contributed by atoms with Crippen molar-refractivity contribution in [3.8, 4) is 51.0 Å². The van der Waals surface area contributed by atoms with Gasteiger partial charge in [0.2, 0.25) is 17.8 Å². The molecule has 8 fully saturated rings. The lowest BCUT2D eigenvalue weighted by Gasteiger charge is -2.33. The Morgan fingerprint density at radius 3 is 1.41 bits per heavy atom. The third-order valence-electron chi connectivity index (χ3n) is 18.3. The zero-order valence-corrected chi connectivity index (χ0v) is 53.1. The number of methoxy groups -OCH3 is 1. The van der Waals surface area contributed by atoms with Crippen molar-refractivity contribution < 1.29 is 81.8 Å². The normalized spacial score (nSPS) is 24.8. The van der Waals surface area contributed by atoms with Crippen LogP contribution in [0, 0.1) is 0 Å². The van der Waals surface area contributed by atoms with Crippen LogP contribution in [0.2, 0.25) is 0 Å². The summed E-state index contributed by atoms with van der Waals surface area (Å²) in [5.41, 5.74) is 16.2. The third kappa shape index (κ3) is 16.2. The van der Waals surface area contributed by atoms with Crippen molar-refractivity contribution in [1.82, 2.24) is 44.9 Å². The monoisotopic (exact) mass is 1390 g/mol. The molecule has 98 heavy (non-hydrogen) atoms. The van der Waals surface area contributed by atoms with Gasteiger partial charge in [-0.3, -0.25) is 0 Å². The van der Waals surface area contributed by atoms with Crippen LogP contribution in [0.3, 0.4) is 0 Å². The Morgan fingerprint density at radius 2 is 0.969 bits per heavy atom. The van der Waals surface area contributed by atoms with E-state index in [4.69, 9.17) is 36.4 Å². The van der Waals surface area contributed by atoms with E-state index in [1.165, 1.54) is 43.9 Å². The van der Waals surface area contributed by atoms with Gasteiger partial charge in [-0.05, 0) is 43.9 Å². The highest BCUT2D eigenvalue weighted by Gasteiger charge is 2.44. The molecule has 0 aliphatic carbocycles. The molecule has 0 saturated carbocycles. The molecule has 6 aromatic heterocycles. The number of anilines is 9. The number of aromatic nitrogens is 9. The number of piperidine rings is 2. The molecule has 3 unspecified atom stereocenters. The first kappa shape index (κ1) is 69.3. The molecule has 8 saturated heterocycles. The summed E-state index contributed by atoms with van der Waals surface area (Å²) in [5, 5.41) is 9.21. The van der Waals surface area contributed by atoms with Gasteiger partial charge >= 0.3 is 19.8 Å². The van der Waals surface area contributed by atoms with Gasteiger partial charge in [0.25, 0.3) is 5.92 Å². The van der Waals surface area contributed by atoms with Crippen molar-refractivity contribution in [2.75, 3.05) is 146 Å². The Balaban J connectivity index is 0.000000140. The fourth-order valence-electron chi connectivity index (χ4n) is 13.3. The number of nitrogens with zero attached hydrogens (tertiary/aromatic N) is 15. The van der Waals surface area contributed by atoms with Crippen molar-refractivity contribution >= 4 is 52.8 Å². The first-order valence-corrected chi connectivity index (χ1v) is 31.9. The molecule has 14 rings (SSSR count). The minimum atomic E-state index is -3.09. The summed E-state index contributed by atoms with van der Waals surface area (Å²) in [5.74, 6) is -1.36. The number of aliphatic hydroxyl groups is 1. The van der Waals surface area contributed by atoms with E-state index in [0.717, 1.165) is 12.8 Å². The number of morpholine rings is 2. The van der Waals surface area contributed by atoms with Crippen molar-refractivity contribution in [1.29, 1.82) is 0 Å². The minimum absolute atomic E-state index is 0.00102. The molecule has 530 valence electrons. The van der Waals surface area contributed by atoms with Gasteiger partial charge in [-0.1, -0.05) is 0 Å². The van der Waals surface area contributed by atoms with Gasteiger partial charge in [0.1, 0.15) is 29.3 Å². The number of aliphatic hydroxyl groups excluding tert-OH is 1. The summed E-state index contributed by atoms with van der Waals surface area (Å²) in [4.78, 5) is 50.7. The second-order valence-corrected chi connectivity index (χ2v) is 25.3. The first-order valence-electron chi connectivity index (χ1n) is 31.9. The van der Waals surface area contributed by atoms with Crippen LogP contribution in [0.4, 0.5) is 101 Å². The molecule has 7 atom stereocenters. The molecule has 25 nitrogen and oxygen atoms in total. The molecule has 8 aliphatic rings. The number of nitrogen functional groups attached to an aromatic ring is 3. The number of pyridine rings is 3. The molecule has 7 N–H and O–H groups in total. The fraction of sp³-hybridized carbons (Fsp3) is 0.565. The number of nitrogens with two attached hydrogens (primary N) is 3. The molecular weight excluding hydrogens is 1320 g/mol. The number of rotatable bonds is 19. The number of fused-ring (bicyclic) bond motifs is 4. The largest absolute Gasteiger partial charge is 0.431 e. The van der Waals surface area contributed by atoms with E-state index in [1.807, 2.05) is 4.90 Å². The van der Waals surface area contributed by atoms with E-state index in [2.05, 4.69) is 63.9 Å². The van der Waals surface area contributed by atoms with Crippen molar-refractivity contribution in [3.05, 3.63) is 55.0 Å². The van der Waals surface area contributed by atoms with Crippen LogP contribution >= 0.6 is 0 Å². The Labute approximate surface area is 554 Å². The van der Waals surface area contributed by atoms with Crippen LogP contribution in [0.5, 0.6) is 17.2 Å². The predicted octanol–water partition coefficient (Wildman–Crippen LogP) is 8.16. The third-order valence-corrected chi connectivity index (χ3v) is 18.3. The molecule has 8 aliphatic heterocycles. The Bertz CT molecular complexity index is 3720. The first-order chi connectivity index (χ1) is 46.9. The Hall–Kier alpha value is -8.64. The highest BCUT2D eigenvalue weighted by Crippen LogP contribution is 2.41. The topological polar surface area (TPSA) is 289 Å². The number of hydrogen-bond donors (Lipinski definition) is 4.